The molecule has 1 spiro atoms. The van der Waals surface area contributed by atoms with Crippen LogP contribution < -0.4 is 4.90 Å². The molecule has 0 N–H and O–H groups in total. The molecule has 1 aliphatic carbocycles. The van der Waals surface area contributed by atoms with Crippen molar-refractivity contribution in [2.45, 2.75) is 15.2 Å². The summed E-state index contributed by atoms with van der Waals surface area (Å²) in [5.74, 6) is 0. The number of rotatable bonds is 6. The predicted octanol–water partition coefficient (Wildman–Crippen LogP) is 16.4. The summed E-state index contributed by atoms with van der Waals surface area (Å²) >= 11 is 1.93. The van der Waals surface area contributed by atoms with E-state index in [4.69, 9.17) is 0 Å². The lowest BCUT2D eigenvalue weighted by molar-refractivity contribution is 0.726. The van der Waals surface area contributed by atoms with Gasteiger partial charge in [-0.3, -0.25) is 0 Å². The van der Waals surface area contributed by atoms with E-state index < -0.39 is 5.41 Å². The Morgan fingerprint density at radius 2 is 0.828 bits per heavy atom. The van der Waals surface area contributed by atoms with Crippen molar-refractivity contribution in [3.63, 3.8) is 0 Å². The quantitative estimate of drug-likeness (QED) is 0.165. The Hall–Kier alpha value is -7.85. The molecule has 0 radical (unpaired) electrons. The Bertz CT molecular complexity index is 3510. The van der Waals surface area contributed by atoms with E-state index in [1.54, 1.807) is 0 Å². The van der Waals surface area contributed by atoms with Gasteiger partial charge in [-0.2, -0.15) is 0 Å². The van der Waals surface area contributed by atoms with Gasteiger partial charge in [-0.25, -0.2) is 0 Å². The van der Waals surface area contributed by atoms with Crippen molar-refractivity contribution >= 4 is 50.6 Å². The molecule has 0 atom stereocenters. The number of para-hydroxylation sites is 2. The first-order valence-corrected chi connectivity index (χ1v) is 22.8. The maximum atomic E-state index is 2.46. The van der Waals surface area contributed by atoms with Crippen LogP contribution >= 0.6 is 11.8 Å². The van der Waals surface area contributed by atoms with Gasteiger partial charge >= 0.3 is 0 Å². The topological polar surface area (TPSA) is 8.17 Å². The van der Waals surface area contributed by atoms with Crippen LogP contribution in [-0.4, -0.2) is 4.57 Å². The van der Waals surface area contributed by atoms with E-state index in [1.807, 2.05) is 11.8 Å². The molecular weight excluding hydrogens is 793 g/mol. The highest BCUT2D eigenvalue weighted by molar-refractivity contribution is 7.99. The van der Waals surface area contributed by atoms with Gasteiger partial charge in [-0.05, 0) is 122 Å². The highest BCUT2D eigenvalue weighted by atomic mass is 32.2. The summed E-state index contributed by atoms with van der Waals surface area (Å²) in [4.78, 5) is 4.99. The van der Waals surface area contributed by atoms with Gasteiger partial charge in [0.2, 0.25) is 0 Å². The molecule has 2 heterocycles. The number of fused-ring (bicyclic) bond motifs is 13. The molecule has 2 nitrogen and oxygen atoms in total. The van der Waals surface area contributed by atoms with Crippen molar-refractivity contribution in [1.29, 1.82) is 0 Å². The zero-order valence-electron chi connectivity index (χ0n) is 34.9. The van der Waals surface area contributed by atoms with Gasteiger partial charge in [-0.15, -0.1) is 0 Å². The van der Waals surface area contributed by atoms with Gasteiger partial charge in [-0.1, -0.05) is 188 Å². The van der Waals surface area contributed by atoms with E-state index in [-0.39, 0.29) is 0 Å². The van der Waals surface area contributed by atoms with E-state index in [0.717, 1.165) is 22.7 Å². The highest BCUT2D eigenvalue weighted by Gasteiger charge is 2.50. The first-order chi connectivity index (χ1) is 31.8. The largest absolute Gasteiger partial charge is 0.311 e. The lowest BCUT2D eigenvalue weighted by atomic mass is 9.67. The summed E-state index contributed by atoms with van der Waals surface area (Å²) in [6.45, 7) is 0. The van der Waals surface area contributed by atoms with E-state index in [0.29, 0.717) is 0 Å². The van der Waals surface area contributed by atoms with Gasteiger partial charge in [0.05, 0.1) is 16.4 Å². The molecule has 64 heavy (non-hydrogen) atoms. The second-order valence-corrected chi connectivity index (χ2v) is 17.9. The molecule has 300 valence electrons. The lowest BCUT2D eigenvalue weighted by Crippen LogP contribution is -2.32. The second kappa shape index (κ2) is 14.6. The molecule has 0 amide bonds. The van der Waals surface area contributed by atoms with Crippen LogP contribution in [0.5, 0.6) is 0 Å². The smallest absolute Gasteiger partial charge is 0.0735 e. The fourth-order valence-electron chi connectivity index (χ4n) is 10.7. The molecule has 11 aromatic rings. The summed E-state index contributed by atoms with van der Waals surface area (Å²) in [5, 5.41) is 2.57. The highest BCUT2D eigenvalue weighted by Crippen LogP contribution is 2.63. The van der Waals surface area contributed by atoms with Crippen molar-refractivity contribution in [3.05, 3.63) is 265 Å². The number of anilines is 3. The number of hydrogen-bond acceptors (Lipinski definition) is 2. The van der Waals surface area contributed by atoms with Gasteiger partial charge < -0.3 is 9.47 Å². The number of benzene rings is 10. The molecule has 0 fully saturated rings. The maximum absolute atomic E-state index is 2.46. The third-order valence-electron chi connectivity index (χ3n) is 13.5. The third-order valence-corrected chi connectivity index (χ3v) is 14.7. The zero-order valence-corrected chi connectivity index (χ0v) is 35.7. The fraction of sp³-hybridized carbons (Fsp3) is 0.0164. The van der Waals surface area contributed by atoms with Gasteiger partial charge in [0.1, 0.15) is 0 Å². The van der Waals surface area contributed by atoms with Crippen LogP contribution in [0.3, 0.4) is 0 Å². The van der Waals surface area contributed by atoms with Crippen molar-refractivity contribution in [2.75, 3.05) is 4.90 Å². The van der Waals surface area contributed by atoms with E-state index in [2.05, 4.69) is 252 Å². The molecule has 10 aromatic carbocycles. The van der Waals surface area contributed by atoms with E-state index in [1.165, 1.54) is 87.2 Å². The van der Waals surface area contributed by atoms with Crippen molar-refractivity contribution < 1.29 is 0 Å². The fourth-order valence-corrected chi connectivity index (χ4v) is 12.1. The summed E-state index contributed by atoms with van der Waals surface area (Å²) in [6, 6.07) is 89.1. The van der Waals surface area contributed by atoms with Crippen molar-refractivity contribution in [1.82, 2.24) is 4.57 Å². The number of nitrogens with zero attached hydrogens (tertiary/aromatic N) is 2. The Morgan fingerprint density at radius 1 is 0.344 bits per heavy atom. The third kappa shape index (κ3) is 5.48. The second-order valence-electron chi connectivity index (χ2n) is 16.8. The molecule has 1 aromatic heterocycles. The van der Waals surface area contributed by atoms with Crippen LogP contribution in [0.1, 0.15) is 22.3 Å². The van der Waals surface area contributed by atoms with Gasteiger partial charge in [0.15, 0.2) is 0 Å². The predicted molar refractivity (Wildman–Crippen MR) is 268 cm³/mol. The summed E-state index contributed by atoms with van der Waals surface area (Å²) in [5.41, 5.74) is 19.3. The summed E-state index contributed by atoms with van der Waals surface area (Å²) < 4.78 is 2.46. The first kappa shape index (κ1) is 36.8. The molecular formula is C61H40N2S. The normalized spacial score (nSPS) is 13.1. The Balaban J connectivity index is 0.925. The van der Waals surface area contributed by atoms with Crippen LogP contribution in [0.25, 0.3) is 60.9 Å². The van der Waals surface area contributed by atoms with Crippen LogP contribution in [0.2, 0.25) is 0 Å². The van der Waals surface area contributed by atoms with E-state index in [9.17, 15) is 0 Å². The Kier molecular flexibility index (Phi) is 8.40. The Labute approximate surface area is 377 Å². The Morgan fingerprint density at radius 3 is 1.48 bits per heavy atom. The minimum atomic E-state index is -0.421. The monoisotopic (exact) mass is 832 g/mol. The van der Waals surface area contributed by atoms with Gasteiger partial charge in [0.25, 0.3) is 0 Å². The number of hydrogen-bond donors (Lipinski definition) is 0. The molecule has 0 unspecified atom stereocenters. The first-order valence-electron chi connectivity index (χ1n) is 22.0. The molecule has 1 aliphatic heterocycles. The van der Waals surface area contributed by atoms with Crippen LogP contribution in [0.15, 0.2) is 252 Å². The standard InChI is InChI=1S/C61H40N2S/c1-3-15-41(16-4-1)42-27-29-43(30-28-42)44-31-33-46(34-32-44)62(45-17-5-2-6-18-45)47-35-37-48(38-36-47)63-56-25-13-9-21-51(56)59-57(63)40-39-55-60(59)64-58-26-14-12-24-54(58)61(55)52-22-10-7-19-49(52)50-20-8-11-23-53(50)61/h1-40H. The zero-order chi connectivity index (χ0) is 42.2. The molecule has 0 saturated heterocycles. The molecule has 3 heteroatoms. The van der Waals surface area contributed by atoms with Crippen LogP contribution in [-0.2, 0) is 5.41 Å². The number of aromatic nitrogens is 1. The molecule has 0 bridgehead atoms. The maximum Gasteiger partial charge on any atom is 0.0735 e. The minimum absolute atomic E-state index is 0.421. The molecule has 2 aliphatic rings. The van der Waals surface area contributed by atoms with Crippen molar-refractivity contribution in [3.8, 4) is 39.1 Å². The SMILES string of the molecule is c1ccc(-c2ccc(-c3ccc(N(c4ccccc4)c4ccc(-n5c6ccccc6c6c7c(ccc65)C5(c6ccccc6S7)c6ccccc6-c6ccccc65)cc4)cc3)cc2)cc1. The van der Waals surface area contributed by atoms with Gasteiger partial charge in [0, 0.05) is 43.3 Å². The minimum Gasteiger partial charge on any atom is -0.311 e. The van der Waals surface area contributed by atoms with Crippen LogP contribution in [0, 0.1) is 0 Å². The average Bonchev–Trinajstić information content (AvgIpc) is 3.86. The van der Waals surface area contributed by atoms with Crippen LogP contribution in [0.4, 0.5) is 17.1 Å². The lowest BCUT2D eigenvalue weighted by Gasteiger charge is -2.40. The summed E-state index contributed by atoms with van der Waals surface area (Å²) in [7, 11) is 0. The van der Waals surface area contributed by atoms with Crippen molar-refractivity contribution in [2.24, 2.45) is 0 Å². The van der Waals surface area contributed by atoms with E-state index >= 15 is 0 Å². The molecule has 0 saturated carbocycles. The summed E-state index contributed by atoms with van der Waals surface area (Å²) in [6.07, 6.45) is 0. The average molecular weight is 833 g/mol. The molecule has 13 rings (SSSR count).